The molecule has 0 bridgehead atoms. The fourth-order valence-electron chi connectivity index (χ4n) is 7.60. The van der Waals surface area contributed by atoms with E-state index in [0.717, 1.165) is 38.5 Å². The molecule has 0 N–H and O–H groups in total. The predicted molar refractivity (Wildman–Crippen MR) is 99.3 cm³/mol. The molecule has 5 rings (SSSR count). The summed E-state index contributed by atoms with van der Waals surface area (Å²) >= 11 is 0. The van der Waals surface area contributed by atoms with E-state index in [1.807, 2.05) is 0 Å². The molecule has 0 radical (unpaired) electrons. The van der Waals surface area contributed by atoms with Crippen molar-refractivity contribution in [3.8, 4) is 0 Å². The molecule has 0 aromatic rings. The fraction of sp³-hybridized carbons (Fsp3) is 0.739. The van der Waals surface area contributed by atoms with Crippen molar-refractivity contribution in [3.63, 3.8) is 0 Å². The van der Waals surface area contributed by atoms with Crippen LogP contribution in [0.2, 0.25) is 0 Å². The maximum Gasteiger partial charge on any atom is 0.331 e. The number of rotatable bonds is 1. The van der Waals surface area contributed by atoms with Crippen LogP contribution in [0.5, 0.6) is 0 Å². The highest BCUT2D eigenvalue weighted by molar-refractivity contribution is 5.85. The zero-order valence-electron chi connectivity index (χ0n) is 16.1. The molecule has 0 aromatic heterocycles. The maximum absolute atomic E-state index is 12.0. The highest BCUT2D eigenvalue weighted by Crippen LogP contribution is 2.67. The number of Topliss-reactive ketones (excluding diaryl/α,β-unsaturated/α-hetero) is 1. The minimum absolute atomic E-state index is 0.0762. The highest BCUT2D eigenvalue weighted by Gasteiger charge is 2.65. The third-order valence-corrected chi connectivity index (χ3v) is 8.85. The van der Waals surface area contributed by atoms with Crippen LogP contribution in [0, 0.1) is 29.1 Å². The van der Waals surface area contributed by atoms with Gasteiger partial charge in [0.05, 0.1) is 0 Å². The van der Waals surface area contributed by atoms with E-state index in [0.29, 0.717) is 29.5 Å². The molecule has 0 aromatic carbocycles. The number of ketones is 1. The smallest absolute Gasteiger partial charge is 0.331 e. The van der Waals surface area contributed by atoms with Crippen molar-refractivity contribution in [1.82, 2.24) is 0 Å². The van der Waals surface area contributed by atoms with Gasteiger partial charge in [0.15, 0.2) is 0 Å². The second-order valence-electron chi connectivity index (χ2n) is 9.65. The van der Waals surface area contributed by atoms with Crippen molar-refractivity contribution in [1.29, 1.82) is 0 Å². The first kappa shape index (κ1) is 16.8. The number of esters is 1. The second kappa shape index (κ2) is 5.56. The topological polar surface area (TPSA) is 43.4 Å². The van der Waals surface area contributed by atoms with Crippen LogP contribution in [0.3, 0.4) is 0 Å². The van der Waals surface area contributed by atoms with Crippen molar-refractivity contribution < 1.29 is 14.3 Å². The molecule has 1 heterocycles. The number of fused-ring (bicyclic) bond motifs is 5. The zero-order chi connectivity index (χ0) is 18.1. The van der Waals surface area contributed by atoms with Gasteiger partial charge in [0, 0.05) is 24.3 Å². The molecule has 4 unspecified atom stereocenters. The summed E-state index contributed by atoms with van der Waals surface area (Å²) < 4.78 is 5.94. The summed E-state index contributed by atoms with van der Waals surface area (Å²) in [6.07, 6.45) is 13.1. The Morgan fingerprint density at radius 2 is 2.04 bits per heavy atom. The quantitative estimate of drug-likeness (QED) is 0.504. The van der Waals surface area contributed by atoms with Crippen LogP contribution in [-0.2, 0) is 14.3 Å². The Morgan fingerprint density at radius 3 is 2.77 bits per heavy atom. The first-order chi connectivity index (χ1) is 12.5. The highest BCUT2D eigenvalue weighted by atomic mass is 16.6. The number of carbonyl (C=O) groups excluding carboxylic acids is 2. The summed E-state index contributed by atoms with van der Waals surface area (Å²) in [4.78, 5) is 23.9. The van der Waals surface area contributed by atoms with Crippen molar-refractivity contribution >= 4 is 11.8 Å². The average molecular weight is 354 g/mol. The Kier molecular flexibility index (Phi) is 3.59. The van der Waals surface area contributed by atoms with Crippen LogP contribution in [-0.4, -0.2) is 17.4 Å². The van der Waals surface area contributed by atoms with Gasteiger partial charge in [0.2, 0.25) is 0 Å². The molecule has 1 spiro atoms. The Balaban J connectivity index is 1.53. The molecule has 0 amide bonds. The number of allylic oxidation sites excluding steroid dienone is 2. The van der Waals surface area contributed by atoms with E-state index in [2.05, 4.69) is 19.9 Å². The van der Waals surface area contributed by atoms with Crippen molar-refractivity contribution in [2.75, 3.05) is 0 Å². The third-order valence-electron chi connectivity index (χ3n) is 8.85. The first-order valence-corrected chi connectivity index (χ1v) is 10.6. The molecule has 26 heavy (non-hydrogen) atoms. The molecule has 3 nitrogen and oxygen atoms in total. The van der Waals surface area contributed by atoms with Crippen LogP contribution in [0.4, 0.5) is 0 Å². The number of hydrogen-bond acceptors (Lipinski definition) is 3. The molecule has 2 saturated carbocycles. The molecule has 4 aliphatic carbocycles. The lowest BCUT2D eigenvalue weighted by Crippen LogP contribution is -2.53. The Labute approximate surface area is 156 Å². The molecule has 3 heteroatoms. The van der Waals surface area contributed by atoms with Gasteiger partial charge in [-0.2, -0.15) is 0 Å². The average Bonchev–Trinajstić information content (AvgIpc) is 3.14. The summed E-state index contributed by atoms with van der Waals surface area (Å²) in [5.41, 5.74) is 2.88. The van der Waals surface area contributed by atoms with E-state index < -0.39 is 0 Å². The SMILES string of the molecule is CCC1CC2=C(CCC(=O)C2)C2CC[C@@]3(C)C(CC[C@@]34C=CC(=O)O4)C12. The third kappa shape index (κ3) is 2.06. The van der Waals surface area contributed by atoms with Crippen LogP contribution >= 0.6 is 0 Å². The van der Waals surface area contributed by atoms with Gasteiger partial charge >= 0.3 is 5.97 Å². The molecule has 140 valence electrons. The Hall–Kier alpha value is -1.38. The predicted octanol–water partition coefficient (Wildman–Crippen LogP) is 4.76. The lowest BCUT2D eigenvalue weighted by Gasteiger charge is -2.56. The monoisotopic (exact) mass is 354 g/mol. The summed E-state index contributed by atoms with van der Waals surface area (Å²) in [5, 5.41) is 0. The second-order valence-corrected chi connectivity index (χ2v) is 9.65. The Morgan fingerprint density at radius 1 is 1.19 bits per heavy atom. The van der Waals surface area contributed by atoms with Crippen LogP contribution < -0.4 is 0 Å². The molecular formula is C23H30O3. The number of ether oxygens (including phenoxy) is 1. The maximum atomic E-state index is 12.0. The summed E-state index contributed by atoms with van der Waals surface area (Å²) in [5.74, 6) is 2.99. The van der Waals surface area contributed by atoms with Gasteiger partial charge in [-0.15, -0.1) is 0 Å². The molecule has 1 aliphatic heterocycles. The van der Waals surface area contributed by atoms with Gasteiger partial charge in [0.1, 0.15) is 11.4 Å². The van der Waals surface area contributed by atoms with E-state index in [4.69, 9.17) is 4.74 Å². The minimum atomic E-state index is -0.352. The van der Waals surface area contributed by atoms with Gasteiger partial charge in [-0.25, -0.2) is 4.79 Å². The zero-order valence-corrected chi connectivity index (χ0v) is 16.1. The fourth-order valence-corrected chi connectivity index (χ4v) is 7.60. The summed E-state index contributed by atoms with van der Waals surface area (Å²) in [6, 6.07) is 0. The van der Waals surface area contributed by atoms with Gasteiger partial charge in [-0.05, 0) is 68.3 Å². The Bertz CT molecular complexity index is 732. The lowest BCUT2D eigenvalue weighted by molar-refractivity contribution is -0.160. The van der Waals surface area contributed by atoms with Crippen molar-refractivity contribution in [2.24, 2.45) is 29.1 Å². The van der Waals surface area contributed by atoms with Gasteiger partial charge in [0.25, 0.3) is 0 Å². The number of carbonyl (C=O) groups is 2. The van der Waals surface area contributed by atoms with Crippen molar-refractivity contribution in [3.05, 3.63) is 23.3 Å². The van der Waals surface area contributed by atoms with Gasteiger partial charge in [-0.1, -0.05) is 31.4 Å². The van der Waals surface area contributed by atoms with E-state index >= 15 is 0 Å². The van der Waals surface area contributed by atoms with Gasteiger partial charge in [-0.3, -0.25) is 4.79 Å². The molecular weight excluding hydrogens is 324 g/mol. The van der Waals surface area contributed by atoms with E-state index in [1.165, 1.54) is 24.8 Å². The largest absolute Gasteiger partial charge is 0.451 e. The molecule has 0 saturated heterocycles. The van der Waals surface area contributed by atoms with E-state index in [9.17, 15) is 9.59 Å². The minimum Gasteiger partial charge on any atom is -0.451 e. The standard InChI is InChI=1S/C23H30O3/c1-3-14-12-15-13-16(24)4-5-17(15)18-6-9-22(2)19(21(14)18)7-10-23(22)11-8-20(25)26-23/h8,11,14,18-19,21H,3-7,9-10,12-13H2,1-2H3/t14?,18?,19?,21?,22-,23+/m0/s1. The summed E-state index contributed by atoms with van der Waals surface area (Å²) in [7, 11) is 0. The first-order valence-electron chi connectivity index (χ1n) is 10.6. The normalized spacial score (nSPS) is 47.0. The van der Waals surface area contributed by atoms with E-state index in [-0.39, 0.29) is 17.0 Å². The van der Waals surface area contributed by atoms with Crippen LogP contribution in [0.1, 0.15) is 71.6 Å². The van der Waals surface area contributed by atoms with E-state index in [1.54, 1.807) is 11.6 Å². The van der Waals surface area contributed by atoms with Crippen LogP contribution in [0.15, 0.2) is 23.3 Å². The van der Waals surface area contributed by atoms with Gasteiger partial charge < -0.3 is 4.74 Å². The molecule has 6 atom stereocenters. The number of hydrogen-bond donors (Lipinski definition) is 0. The van der Waals surface area contributed by atoms with Crippen molar-refractivity contribution in [2.45, 2.75) is 77.2 Å². The molecule has 2 fully saturated rings. The summed E-state index contributed by atoms with van der Waals surface area (Å²) in [6.45, 7) is 4.72. The van der Waals surface area contributed by atoms with Crippen LogP contribution in [0.25, 0.3) is 0 Å². The molecule has 5 aliphatic rings. The lowest BCUT2D eigenvalue weighted by atomic mass is 9.49.